The average Bonchev–Trinajstić information content (AvgIpc) is 2.14. The van der Waals surface area contributed by atoms with Crippen molar-refractivity contribution in [2.75, 3.05) is 0 Å². The molecule has 0 saturated heterocycles. The maximum Gasteiger partial charge on any atom is 0.0621 e. The standard InChI is InChI=1S/C11H19N/c12-10-6-2-5-9-11-7-3-1-4-8-11/h11H,1-9H2. The van der Waals surface area contributed by atoms with E-state index in [1.54, 1.807) is 0 Å². The number of nitrogens with zero attached hydrogens (tertiary/aromatic N) is 1. The number of rotatable bonds is 4. The third kappa shape index (κ3) is 3.76. The summed E-state index contributed by atoms with van der Waals surface area (Å²) in [4.78, 5) is 0. The van der Waals surface area contributed by atoms with Crippen molar-refractivity contribution in [2.24, 2.45) is 5.92 Å². The van der Waals surface area contributed by atoms with Gasteiger partial charge in [0, 0.05) is 6.42 Å². The zero-order chi connectivity index (χ0) is 8.65. The Balaban J connectivity index is 1.95. The van der Waals surface area contributed by atoms with E-state index in [4.69, 9.17) is 5.26 Å². The van der Waals surface area contributed by atoms with Crippen molar-refractivity contribution < 1.29 is 0 Å². The molecule has 0 unspecified atom stereocenters. The van der Waals surface area contributed by atoms with Crippen molar-refractivity contribution in [2.45, 2.75) is 57.8 Å². The lowest BCUT2D eigenvalue weighted by Crippen LogP contribution is -2.05. The van der Waals surface area contributed by atoms with Crippen LogP contribution < -0.4 is 0 Å². The molecule has 1 fully saturated rings. The summed E-state index contributed by atoms with van der Waals surface area (Å²) in [6, 6.07) is 2.21. The smallest absolute Gasteiger partial charge is 0.0621 e. The Hall–Kier alpha value is -0.510. The molecule has 68 valence electrons. The van der Waals surface area contributed by atoms with Crippen molar-refractivity contribution in [3.8, 4) is 6.07 Å². The van der Waals surface area contributed by atoms with Crippen molar-refractivity contribution >= 4 is 0 Å². The van der Waals surface area contributed by atoms with Crippen LogP contribution in [0.1, 0.15) is 57.8 Å². The van der Waals surface area contributed by atoms with Crippen molar-refractivity contribution in [3.05, 3.63) is 0 Å². The van der Waals surface area contributed by atoms with E-state index in [1.165, 1.54) is 44.9 Å². The highest BCUT2D eigenvalue weighted by Gasteiger charge is 2.12. The van der Waals surface area contributed by atoms with Gasteiger partial charge in [0.05, 0.1) is 6.07 Å². The first-order valence-corrected chi connectivity index (χ1v) is 5.30. The number of hydrogen-bond acceptors (Lipinski definition) is 1. The zero-order valence-electron chi connectivity index (χ0n) is 7.89. The second-order valence-electron chi connectivity index (χ2n) is 3.91. The van der Waals surface area contributed by atoms with Gasteiger partial charge in [-0.05, 0) is 12.3 Å². The lowest BCUT2D eigenvalue weighted by Gasteiger charge is -2.20. The fourth-order valence-electron chi connectivity index (χ4n) is 2.11. The molecule has 0 aromatic heterocycles. The molecule has 0 radical (unpaired) electrons. The van der Waals surface area contributed by atoms with Crippen molar-refractivity contribution in [1.82, 2.24) is 0 Å². The molecule has 0 bridgehead atoms. The minimum atomic E-state index is 0.757. The van der Waals surface area contributed by atoms with E-state index >= 15 is 0 Å². The monoisotopic (exact) mass is 165 g/mol. The molecule has 1 nitrogen and oxygen atoms in total. The lowest BCUT2D eigenvalue weighted by atomic mass is 9.86. The first-order valence-electron chi connectivity index (χ1n) is 5.30. The van der Waals surface area contributed by atoms with Gasteiger partial charge in [-0.2, -0.15) is 5.26 Å². The van der Waals surface area contributed by atoms with Crippen LogP contribution in [0.2, 0.25) is 0 Å². The Morgan fingerprint density at radius 1 is 1.08 bits per heavy atom. The highest BCUT2D eigenvalue weighted by molar-refractivity contribution is 4.70. The third-order valence-corrected chi connectivity index (χ3v) is 2.88. The number of nitriles is 1. The van der Waals surface area contributed by atoms with E-state index in [-0.39, 0.29) is 0 Å². The molecular weight excluding hydrogens is 146 g/mol. The van der Waals surface area contributed by atoms with Gasteiger partial charge in [-0.15, -0.1) is 0 Å². The molecule has 1 heteroatoms. The highest BCUT2D eigenvalue weighted by Crippen LogP contribution is 2.27. The Kier molecular flexibility index (Phi) is 4.83. The molecule has 0 N–H and O–H groups in total. The minimum Gasteiger partial charge on any atom is -0.198 e. The molecule has 1 rings (SSSR count). The van der Waals surface area contributed by atoms with Gasteiger partial charge in [0.1, 0.15) is 0 Å². The Morgan fingerprint density at radius 3 is 2.50 bits per heavy atom. The maximum atomic E-state index is 8.35. The molecule has 12 heavy (non-hydrogen) atoms. The summed E-state index contributed by atoms with van der Waals surface area (Å²) >= 11 is 0. The molecule has 0 aromatic rings. The summed E-state index contributed by atoms with van der Waals surface area (Å²) in [6.07, 6.45) is 11.8. The third-order valence-electron chi connectivity index (χ3n) is 2.88. The second kappa shape index (κ2) is 6.06. The van der Waals surface area contributed by atoms with Crippen LogP contribution in [0.4, 0.5) is 0 Å². The summed E-state index contributed by atoms with van der Waals surface area (Å²) in [7, 11) is 0. The SMILES string of the molecule is N#CCCCCC1CCCCC1. The molecule has 0 aliphatic heterocycles. The molecule has 0 heterocycles. The molecule has 0 atom stereocenters. The van der Waals surface area contributed by atoms with Gasteiger partial charge < -0.3 is 0 Å². The Bertz CT molecular complexity index is 140. The van der Waals surface area contributed by atoms with Crippen molar-refractivity contribution in [1.29, 1.82) is 5.26 Å². The normalized spacial score (nSPS) is 18.9. The number of hydrogen-bond donors (Lipinski definition) is 0. The predicted molar refractivity (Wildman–Crippen MR) is 50.7 cm³/mol. The topological polar surface area (TPSA) is 23.8 Å². The van der Waals surface area contributed by atoms with Gasteiger partial charge in [0.15, 0.2) is 0 Å². The van der Waals surface area contributed by atoms with Crippen molar-refractivity contribution in [3.63, 3.8) is 0 Å². The molecule has 0 spiro atoms. The van der Waals surface area contributed by atoms with E-state index in [0.29, 0.717) is 0 Å². The summed E-state index contributed by atoms with van der Waals surface area (Å²) in [6.45, 7) is 0. The maximum absolute atomic E-state index is 8.35. The molecule has 1 aliphatic rings. The highest BCUT2D eigenvalue weighted by atomic mass is 14.2. The Morgan fingerprint density at radius 2 is 1.83 bits per heavy atom. The molecule has 0 aromatic carbocycles. The lowest BCUT2D eigenvalue weighted by molar-refractivity contribution is 0.330. The fourth-order valence-corrected chi connectivity index (χ4v) is 2.11. The first kappa shape index (κ1) is 9.58. The van der Waals surface area contributed by atoms with Gasteiger partial charge in [0.2, 0.25) is 0 Å². The van der Waals surface area contributed by atoms with Crippen LogP contribution in [-0.2, 0) is 0 Å². The largest absolute Gasteiger partial charge is 0.198 e. The van der Waals surface area contributed by atoms with Crippen LogP contribution in [0, 0.1) is 17.2 Å². The first-order chi connectivity index (χ1) is 5.93. The zero-order valence-corrected chi connectivity index (χ0v) is 7.89. The molecule has 0 amide bonds. The van der Waals surface area contributed by atoms with E-state index in [0.717, 1.165) is 18.8 Å². The summed E-state index contributed by atoms with van der Waals surface area (Å²) < 4.78 is 0. The fraction of sp³-hybridized carbons (Fsp3) is 0.909. The van der Waals surface area contributed by atoms with E-state index in [2.05, 4.69) is 6.07 Å². The van der Waals surface area contributed by atoms with E-state index in [9.17, 15) is 0 Å². The van der Waals surface area contributed by atoms with E-state index in [1.807, 2.05) is 0 Å². The van der Waals surface area contributed by atoms with Crippen LogP contribution in [0.25, 0.3) is 0 Å². The van der Waals surface area contributed by atoms with Crippen LogP contribution in [-0.4, -0.2) is 0 Å². The van der Waals surface area contributed by atoms with Crippen LogP contribution in [0.15, 0.2) is 0 Å². The summed E-state index contributed by atoms with van der Waals surface area (Å²) in [5, 5.41) is 8.35. The van der Waals surface area contributed by atoms with Crippen LogP contribution >= 0.6 is 0 Å². The quantitative estimate of drug-likeness (QED) is 0.583. The van der Waals surface area contributed by atoms with Gasteiger partial charge in [-0.3, -0.25) is 0 Å². The van der Waals surface area contributed by atoms with Gasteiger partial charge in [-0.25, -0.2) is 0 Å². The average molecular weight is 165 g/mol. The Labute approximate surface area is 75.8 Å². The van der Waals surface area contributed by atoms with Gasteiger partial charge in [0.25, 0.3) is 0 Å². The van der Waals surface area contributed by atoms with Gasteiger partial charge in [-0.1, -0.05) is 44.9 Å². The van der Waals surface area contributed by atoms with E-state index < -0.39 is 0 Å². The van der Waals surface area contributed by atoms with Crippen LogP contribution in [0.5, 0.6) is 0 Å². The molecule has 1 saturated carbocycles. The molecular formula is C11H19N. The number of unbranched alkanes of at least 4 members (excludes halogenated alkanes) is 2. The molecule has 1 aliphatic carbocycles. The predicted octanol–water partition coefficient (Wildman–Crippen LogP) is 3.65. The minimum absolute atomic E-state index is 0.757. The summed E-state index contributed by atoms with van der Waals surface area (Å²) in [5.74, 6) is 0.998. The second-order valence-corrected chi connectivity index (χ2v) is 3.91. The van der Waals surface area contributed by atoms with Crippen LogP contribution in [0.3, 0.4) is 0 Å². The summed E-state index contributed by atoms with van der Waals surface area (Å²) in [5.41, 5.74) is 0. The van der Waals surface area contributed by atoms with Gasteiger partial charge >= 0.3 is 0 Å².